The van der Waals surface area contributed by atoms with Crippen molar-refractivity contribution < 1.29 is 38.7 Å². The summed E-state index contributed by atoms with van der Waals surface area (Å²) >= 11 is 0. The fourth-order valence-corrected chi connectivity index (χ4v) is 7.72. The summed E-state index contributed by atoms with van der Waals surface area (Å²) in [6.07, 6.45) is 1.97. The number of amides is 1. The number of phenolic OH excluding ortho intramolecular Hbond substituents is 1. The SMILES string of the molecule is C=CCOC(=O)N1[C@@H]2c3c(cc(C)c(OC)c3OCC=C)C[C@H]1[C@H](C#N)N1[C@@H](CC)c3c4c(c(C)c(O)c3C(O)[C@@H]21)OCO4. The lowest BCUT2D eigenvalue weighted by atomic mass is 9.70. The Bertz CT molecular complexity index is 1580. The van der Waals surface area contributed by atoms with Gasteiger partial charge in [-0.1, -0.05) is 38.3 Å². The topological polar surface area (TPSA) is 134 Å². The summed E-state index contributed by atoms with van der Waals surface area (Å²) in [6.45, 7) is 13.2. The number of nitrogens with zero attached hydrogens (tertiary/aromatic N) is 3. The van der Waals surface area contributed by atoms with Crippen molar-refractivity contribution in [2.24, 2.45) is 0 Å². The van der Waals surface area contributed by atoms with Crippen LogP contribution >= 0.6 is 0 Å². The van der Waals surface area contributed by atoms with Gasteiger partial charge in [-0.15, -0.1) is 0 Å². The van der Waals surface area contributed by atoms with Crippen LogP contribution in [0.15, 0.2) is 31.4 Å². The van der Waals surface area contributed by atoms with Gasteiger partial charge in [-0.2, -0.15) is 5.26 Å². The molecule has 2 bridgehead atoms. The molecule has 0 aliphatic carbocycles. The normalized spacial score (nSPS) is 26.0. The third-order valence-electron chi connectivity index (χ3n) is 9.30. The molecule has 44 heavy (non-hydrogen) atoms. The minimum absolute atomic E-state index is 0.0194. The second-order valence-corrected chi connectivity index (χ2v) is 11.5. The van der Waals surface area contributed by atoms with Crippen LogP contribution in [-0.2, 0) is 11.2 Å². The Morgan fingerprint density at radius 1 is 1.16 bits per heavy atom. The van der Waals surface area contributed by atoms with Crippen LogP contribution in [0.5, 0.6) is 28.7 Å². The van der Waals surface area contributed by atoms with Crippen LogP contribution in [0.4, 0.5) is 4.79 Å². The average molecular weight is 604 g/mol. The molecule has 4 aliphatic rings. The number of aliphatic hydroxyl groups excluding tert-OH is 1. The fraction of sp³-hybridized carbons (Fsp3) is 0.455. The van der Waals surface area contributed by atoms with Crippen molar-refractivity contribution in [3.05, 3.63) is 64.8 Å². The van der Waals surface area contributed by atoms with E-state index in [-0.39, 0.29) is 25.8 Å². The second-order valence-electron chi connectivity index (χ2n) is 11.5. The van der Waals surface area contributed by atoms with Gasteiger partial charge in [0.15, 0.2) is 23.0 Å². The number of aryl methyl sites for hydroxylation is 1. The second kappa shape index (κ2) is 11.3. The van der Waals surface area contributed by atoms with Crippen LogP contribution in [0.1, 0.15) is 64.9 Å². The third-order valence-corrected chi connectivity index (χ3v) is 9.30. The number of carbonyl (C=O) groups excluding carboxylic acids is 1. The lowest BCUT2D eigenvalue weighted by Gasteiger charge is -2.61. The molecule has 0 radical (unpaired) electrons. The van der Waals surface area contributed by atoms with Gasteiger partial charge in [-0.25, -0.2) is 4.79 Å². The molecule has 0 saturated carbocycles. The molecule has 2 aromatic rings. The molecule has 1 amide bonds. The Labute approximate surface area is 256 Å². The molecule has 1 fully saturated rings. The maximum Gasteiger partial charge on any atom is 0.411 e. The van der Waals surface area contributed by atoms with Gasteiger partial charge in [0.05, 0.1) is 31.3 Å². The summed E-state index contributed by atoms with van der Waals surface area (Å²) < 4.78 is 29.3. The van der Waals surface area contributed by atoms with Crippen LogP contribution in [0.3, 0.4) is 0 Å². The van der Waals surface area contributed by atoms with Gasteiger partial charge in [0.25, 0.3) is 0 Å². The first-order chi connectivity index (χ1) is 21.2. The maximum absolute atomic E-state index is 13.9. The summed E-state index contributed by atoms with van der Waals surface area (Å²) in [5.74, 6) is 1.71. The van der Waals surface area contributed by atoms with Crippen LogP contribution in [0.25, 0.3) is 0 Å². The molecule has 1 unspecified atom stereocenters. The zero-order valence-electron chi connectivity index (χ0n) is 25.3. The van der Waals surface area contributed by atoms with Crippen LogP contribution in [-0.4, -0.2) is 71.3 Å². The number of carbonyl (C=O) groups is 1. The Morgan fingerprint density at radius 3 is 2.55 bits per heavy atom. The number of ether oxygens (including phenoxy) is 5. The van der Waals surface area contributed by atoms with E-state index < -0.39 is 42.4 Å². The zero-order valence-corrected chi connectivity index (χ0v) is 25.3. The molecule has 6 atom stereocenters. The molecular weight excluding hydrogens is 566 g/mol. The van der Waals surface area contributed by atoms with E-state index in [4.69, 9.17) is 23.7 Å². The number of piperazine rings is 1. The highest BCUT2D eigenvalue weighted by Gasteiger charge is 2.61. The standard InChI is InChI=1S/C33H37N3O8/c1-7-10-41-31-22-18(12-16(4)29(31)40-6)13-20-21(14-34)35-19(9-3)23-24(27(37)17(5)30-32(23)44-15-43-30)28(38)26(35)25(22)36(20)33(39)42-11-8-2/h7-8,12,19-21,25-26,28,37-38H,1-2,9-11,13,15H2,3-6H3/t19-,20-,21-,25+,26+,28?/m0/s1. The molecule has 6 rings (SSSR count). The van der Waals surface area contributed by atoms with Crippen molar-refractivity contribution in [1.29, 1.82) is 5.26 Å². The fourth-order valence-electron chi connectivity index (χ4n) is 7.72. The lowest BCUT2D eigenvalue weighted by molar-refractivity contribution is -0.120. The van der Waals surface area contributed by atoms with Gasteiger partial charge in [0, 0.05) is 28.3 Å². The van der Waals surface area contributed by atoms with Crippen molar-refractivity contribution in [1.82, 2.24) is 9.80 Å². The van der Waals surface area contributed by atoms with Crippen LogP contribution in [0.2, 0.25) is 0 Å². The lowest BCUT2D eigenvalue weighted by Crippen LogP contribution is -2.70. The molecule has 232 valence electrons. The molecular formula is C33H37N3O8. The van der Waals surface area contributed by atoms with Crippen molar-refractivity contribution in [3.8, 4) is 34.8 Å². The van der Waals surface area contributed by atoms with E-state index in [0.717, 1.165) is 11.1 Å². The number of aromatic hydroxyl groups is 1. The number of benzene rings is 2. The molecule has 4 aliphatic heterocycles. The summed E-state index contributed by atoms with van der Waals surface area (Å²) in [5.41, 5.74) is 3.71. The third kappa shape index (κ3) is 4.04. The summed E-state index contributed by atoms with van der Waals surface area (Å²) in [6, 6.07) is 0.816. The summed E-state index contributed by atoms with van der Waals surface area (Å²) in [7, 11) is 1.55. The average Bonchev–Trinajstić information content (AvgIpc) is 3.51. The first-order valence-corrected chi connectivity index (χ1v) is 14.7. The number of rotatable bonds is 7. The minimum atomic E-state index is -1.34. The summed E-state index contributed by atoms with van der Waals surface area (Å²) in [4.78, 5) is 17.5. The van der Waals surface area contributed by atoms with E-state index in [1.165, 1.54) is 6.08 Å². The van der Waals surface area contributed by atoms with E-state index in [1.807, 2.05) is 24.8 Å². The zero-order chi connectivity index (χ0) is 31.4. The highest BCUT2D eigenvalue weighted by Crippen LogP contribution is 2.61. The van der Waals surface area contributed by atoms with Gasteiger partial charge in [-0.3, -0.25) is 9.80 Å². The van der Waals surface area contributed by atoms with E-state index in [1.54, 1.807) is 25.0 Å². The van der Waals surface area contributed by atoms with E-state index in [9.17, 15) is 20.3 Å². The smallest absolute Gasteiger partial charge is 0.411 e. The molecule has 11 heteroatoms. The molecule has 2 N–H and O–H groups in total. The van der Waals surface area contributed by atoms with Crippen molar-refractivity contribution in [3.63, 3.8) is 0 Å². The van der Waals surface area contributed by atoms with Gasteiger partial charge in [0.1, 0.15) is 31.1 Å². The molecule has 4 heterocycles. The highest BCUT2D eigenvalue weighted by atomic mass is 16.7. The van der Waals surface area contributed by atoms with E-state index in [2.05, 4.69) is 19.2 Å². The number of aliphatic hydroxyl groups is 1. The summed E-state index contributed by atoms with van der Waals surface area (Å²) in [5, 5.41) is 34.7. The number of fused-ring (bicyclic) bond motifs is 9. The Morgan fingerprint density at radius 2 is 1.89 bits per heavy atom. The molecule has 11 nitrogen and oxygen atoms in total. The molecule has 0 spiro atoms. The predicted octanol–water partition coefficient (Wildman–Crippen LogP) is 4.68. The highest BCUT2D eigenvalue weighted by molar-refractivity contribution is 5.73. The first kappa shape index (κ1) is 29.7. The Hall–Kier alpha value is -4.40. The maximum atomic E-state index is 13.9. The van der Waals surface area contributed by atoms with Gasteiger partial charge in [0.2, 0.25) is 6.79 Å². The number of phenols is 1. The van der Waals surface area contributed by atoms with Gasteiger partial charge >= 0.3 is 6.09 Å². The van der Waals surface area contributed by atoms with Crippen LogP contribution < -0.4 is 18.9 Å². The molecule has 1 saturated heterocycles. The monoisotopic (exact) mass is 603 g/mol. The number of methoxy groups -OCH3 is 1. The van der Waals surface area contributed by atoms with Gasteiger partial charge < -0.3 is 33.9 Å². The largest absolute Gasteiger partial charge is 0.507 e. The van der Waals surface area contributed by atoms with Crippen molar-refractivity contribution in [2.45, 2.75) is 69.9 Å². The van der Waals surface area contributed by atoms with Crippen molar-refractivity contribution >= 4 is 6.09 Å². The number of nitriles is 1. The molecule has 0 aromatic heterocycles. The predicted molar refractivity (Wildman–Crippen MR) is 159 cm³/mol. The van der Waals surface area contributed by atoms with E-state index in [0.29, 0.717) is 58.1 Å². The van der Waals surface area contributed by atoms with Crippen LogP contribution in [0, 0.1) is 25.2 Å². The Balaban J connectivity index is 1.67. The quantitative estimate of drug-likeness (QED) is 0.430. The van der Waals surface area contributed by atoms with Gasteiger partial charge in [-0.05, 0) is 37.8 Å². The first-order valence-electron chi connectivity index (χ1n) is 14.7. The van der Waals surface area contributed by atoms with E-state index >= 15 is 0 Å². The van der Waals surface area contributed by atoms with Crippen molar-refractivity contribution in [2.75, 3.05) is 27.1 Å². The number of hydrogen-bond donors (Lipinski definition) is 2. The molecule has 2 aromatic carbocycles. The minimum Gasteiger partial charge on any atom is -0.507 e. The Kier molecular flexibility index (Phi) is 7.59. The number of hydrogen-bond acceptors (Lipinski definition) is 10.